The summed E-state index contributed by atoms with van der Waals surface area (Å²) in [6, 6.07) is 0. The van der Waals surface area contributed by atoms with Crippen LogP contribution in [0.5, 0.6) is 0 Å². The van der Waals surface area contributed by atoms with Gasteiger partial charge in [-0.1, -0.05) is 5.92 Å². The van der Waals surface area contributed by atoms with Crippen LogP contribution in [0.2, 0.25) is 0 Å². The Bertz CT molecular complexity index is 36.6. The van der Waals surface area contributed by atoms with Crippen LogP contribution in [0.25, 0.3) is 0 Å². The molecule has 0 rings (SSSR count). The van der Waals surface area contributed by atoms with E-state index in [-0.39, 0.29) is 9.90 Å². The Kier molecular flexibility index (Phi) is 16.0. The predicted octanol–water partition coefficient (Wildman–Crippen LogP) is -0.364. The minimum Gasteiger partial charge on any atom is -0.320 e. The molecule has 2 N–H and O–H groups in total. The van der Waals surface area contributed by atoms with Gasteiger partial charge in [0.25, 0.3) is 0 Å². The fourth-order valence-electron chi connectivity index (χ4n) is 0. The average Bonchev–Trinajstić information content (AvgIpc) is 1.37. The van der Waals surface area contributed by atoms with Crippen LogP contribution < -0.4 is 5.73 Å². The van der Waals surface area contributed by atoms with Crippen molar-refractivity contribution in [1.82, 2.24) is 0 Å². The maximum atomic E-state index is 4.79. The minimum atomic E-state index is 0. The van der Waals surface area contributed by atoms with Crippen LogP contribution in [0, 0.1) is 12.3 Å². The molecule has 2 heteroatoms. The van der Waals surface area contributed by atoms with E-state index in [1.807, 2.05) is 0 Å². The normalized spacial score (nSPS) is 4.00. The van der Waals surface area contributed by atoms with E-state index in [1.165, 1.54) is 0 Å². The molecular formula is C3H8NP. The zero-order valence-corrected chi connectivity index (χ0v) is 4.48. The van der Waals surface area contributed by atoms with Crippen LogP contribution in [0.4, 0.5) is 0 Å². The SMILES string of the molecule is C#CCN.P. The van der Waals surface area contributed by atoms with Gasteiger partial charge in [0.05, 0.1) is 6.54 Å². The van der Waals surface area contributed by atoms with Crippen molar-refractivity contribution in [3.8, 4) is 12.3 Å². The van der Waals surface area contributed by atoms with E-state index >= 15 is 0 Å². The third-order valence-corrected chi connectivity index (χ3v) is 0.118. The lowest BCUT2D eigenvalue weighted by molar-refractivity contribution is 1.30. The molecule has 0 aromatic heterocycles. The van der Waals surface area contributed by atoms with Crippen LogP contribution in [0.15, 0.2) is 0 Å². The van der Waals surface area contributed by atoms with Crippen LogP contribution in [-0.2, 0) is 0 Å². The fourth-order valence-corrected chi connectivity index (χ4v) is 0. The number of hydrogen-bond donors (Lipinski definition) is 1. The lowest BCUT2D eigenvalue weighted by Gasteiger charge is -1.56. The van der Waals surface area contributed by atoms with Gasteiger partial charge in [0.1, 0.15) is 0 Å². The van der Waals surface area contributed by atoms with Crippen LogP contribution in [-0.4, -0.2) is 6.54 Å². The maximum absolute atomic E-state index is 4.79. The zero-order valence-electron chi connectivity index (χ0n) is 3.07. The van der Waals surface area contributed by atoms with Gasteiger partial charge in [0.15, 0.2) is 0 Å². The highest BCUT2D eigenvalue weighted by Gasteiger charge is 1.41. The summed E-state index contributed by atoms with van der Waals surface area (Å²) in [7, 11) is 0. The van der Waals surface area contributed by atoms with Gasteiger partial charge in [-0.2, -0.15) is 9.90 Å². The van der Waals surface area contributed by atoms with Gasteiger partial charge < -0.3 is 5.73 Å². The summed E-state index contributed by atoms with van der Waals surface area (Å²) in [5, 5.41) is 0. The molecule has 0 amide bonds. The summed E-state index contributed by atoms with van der Waals surface area (Å²) in [5.41, 5.74) is 4.79. The highest BCUT2D eigenvalue weighted by molar-refractivity contribution is 6.92. The molecule has 0 aliphatic rings. The van der Waals surface area contributed by atoms with Gasteiger partial charge in [-0.25, -0.2) is 0 Å². The summed E-state index contributed by atoms with van der Waals surface area (Å²) in [6.07, 6.45) is 4.65. The first-order valence-corrected chi connectivity index (χ1v) is 1.05. The van der Waals surface area contributed by atoms with E-state index in [0.29, 0.717) is 6.54 Å². The first kappa shape index (κ1) is 8.87. The topological polar surface area (TPSA) is 26.0 Å². The second kappa shape index (κ2) is 9.04. The second-order valence-corrected chi connectivity index (χ2v) is 0.408. The Morgan fingerprint density at radius 1 is 1.80 bits per heavy atom. The summed E-state index contributed by atoms with van der Waals surface area (Å²) in [6.45, 7) is 0.347. The summed E-state index contributed by atoms with van der Waals surface area (Å²) in [5.74, 6) is 2.21. The van der Waals surface area contributed by atoms with Gasteiger partial charge >= 0.3 is 0 Å². The first-order valence-electron chi connectivity index (χ1n) is 1.05. The molecule has 0 aromatic carbocycles. The number of nitrogens with two attached hydrogens (primary N) is 1. The highest BCUT2D eigenvalue weighted by atomic mass is 31.0. The van der Waals surface area contributed by atoms with Crippen molar-refractivity contribution >= 4 is 9.90 Å². The average molecular weight is 89.1 g/mol. The molecule has 0 radical (unpaired) electrons. The van der Waals surface area contributed by atoms with Crippen molar-refractivity contribution in [2.45, 2.75) is 0 Å². The summed E-state index contributed by atoms with van der Waals surface area (Å²) in [4.78, 5) is 0. The molecule has 1 nitrogen and oxygen atoms in total. The fraction of sp³-hybridized carbons (Fsp3) is 0.333. The van der Waals surface area contributed by atoms with Crippen LogP contribution in [0.3, 0.4) is 0 Å². The van der Waals surface area contributed by atoms with Gasteiger partial charge in [0, 0.05) is 0 Å². The highest BCUT2D eigenvalue weighted by Crippen LogP contribution is 1.25. The van der Waals surface area contributed by atoms with Crippen LogP contribution >= 0.6 is 9.90 Å². The lowest BCUT2D eigenvalue weighted by atomic mass is 10.7. The molecule has 1 unspecified atom stereocenters. The van der Waals surface area contributed by atoms with Crippen molar-refractivity contribution in [1.29, 1.82) is 0 Å². The van der Waals surface area contributed by atoms with Gasteiger partial charge in [-0.3, -0.25) is 0 Å². The van der Waals surface area contributed by atoms with E-state index in [1.54, 1.807) is 0 Å². The lowest BCUT2D eigenvalue weighted by Crippen LogP contribution is -1.91. The molecule has 0 heterocycles. The summed E-state index contributed by atoms with van der Waals surface area (Å²) >= 11 is 0. The summed E-state index contributed by atoms with van der Waals surface area (Å²) < 4.78 is 0. The standard InChI is InChI=1S/C3H5N.H3P/c1-2-3-4;/h1H,3-4H2;1H3. The third-order valence-electron chi connectivity index (χ3n) is 0.118. The van der Waals surface area contributed by atoms with E-state index in [0.717, 1.165) is 0 Å². The van der Waals surface area contributed by atoms with E-state index in [4.69, 9.17) is 5.73 Å². The molecule has 0 aromatic rings. The predicted molar refractivity (Wildman–Crippen MR) is 29.0 cm³/mol. The maximum Gasteiger partial charge on any atom is 0.0548 e. The first-order chi connectivity index (χ1) is 1.91. The molecule has 0 bridgehead atoms. The minimum absolute atomic E-state index is 0. The molecule has 30 valence electrons. The monoisotopic (exact) mass is 89.0 g/mol. The molecule has 0 spiro atoms. The van der Waals surface area contributed by atoms with Gasteiger partial charge in [0.2, 0.25) is 0 Å². The van der Waals surface area contributed by atoms with Gasteiger partial charge in [-0.15, -0.1) is 6.42 Å². The van der Waals surface area contributed by atoms with E-state index in [2.05, 4.69) is 12.3 Å². The van der Waals surface area contributed by atoms with Crippen molar-refractivity contribution in [2.75, 3.05) is 6.54 Å². The molecule has 0 saturated heterocycles. The Balaban J connectivity index is 0. The quantitative estimate of drug-likeness (QED) is 0.318. The molecule has 0 saturated carbocycles. The largest absolute Gasteiger partial charge is 0.320 e. The Morgan fingerprint density at radius 3 is 2.00 bits per heavy atom. The van der Waals surface area contributed by atoms with E-state index < -0.39 is 0 Å². The second-order valence-electron chi connectivity index (χ2n) is 0.408. The zero-order chi connectivity index (χ0) is 3.41. The van der Waals surface area contributed by atoms with E-state index in [9.17, 15) is 0 Å². The Hall–Kier alpha value is -0.0500. The Labute approximate surface area is 35.6 Å². The van der Waals surface area contributed by atoms with Crippen molar-refractivity contribution < 1.29 is 0 Å². The number of terminal acetylenes is 1. The van der Waals surface area contributed by atoms with Crippen LogP contribution in [0.1, 0.15) is 0 Å². The van der Waals surface area contributed by atoms with Crippen molar-refractivity contribution in [3.63, 3.8) is 0 Å². The smallest absolute Gasteiger partial charge is 0.0548 e. The molecule has 1 atom stereocenters. The van der Waals surface area contributed by atoms with Crippen molar-refractivity contribution in [2.24, 2.45) is 5.73 Å². The third kappa shape index (κ3) is 16.6. The van der Waals surface area contributed by atoms with Gasteiger partial charge in [-0.05, 0) is 0 Å². The Morgan fingerprint density at radius 2 is 2.00 bits per heavy atom. The molecular weight excluding hydrogens is 81.0 g/mol. The molecule has 0 fully saturated rings. The molecule has 0 aliphatic heterocycles. The number of hydrogen-bond acceptors (Lipinski definition) is 1. The number of rotatable bonds is 0. The van der Waals surface area contributed by atoms with Crippen molar-refractivity contribution in [3.05, 3.63) is 0 Å². The molecule has 0 aliphatic carbocycles. The molecule has 5 heavy (non-hydrogen) atoms.